The molecule has 12 rings (SSSR count). The van der Waals surface area contributed by atoms with Gasteiger partial charge in [-0.2, -0.15) is 5.43 Å². The molecular formula is C65H82N12O8S. The number of amides is 2. The number of hydroxylamine groups is 1. The maximum atomic E-state index is 14.4. The number of aliphatic hydroxyl groups excluding tert-OH is 1. The zero-order valence-electron chi connectivity index (χ0n) is 49.7. The number of hydrogen-bond donors (Lipinski definition) is 4. The van der Waals surface area contributed by atoms with Crippen molar-refractivity contribution in [3.05, 3.63) is 148 Å². The topological polar surface area (TPSA) is 200 Å². The number of carbonyl (C=O) groups excluding carboxylic acids is 2. The predicted octanol–water partition coefficient (Wildman–Crippen LogP) is 5.17. The number of carbonyl (C=O) groups is 2. The van der Waals surface area contributed by atoms with Gasteiger partial charge in [-0.25, -0.2) is 9.97 Å². The lowest BCUT2D eigenvalue weighted by molar-refractivity contribution is -0.932. The molecule has 5 aromatic rings. The second kappa shape index (κ2) is 27.4. The van der Waals surface area contributed by atoms with E-state index in [0.717, 1.165) is 129 Å². The van der Waals surface area contributed by atoms with Crippen LogP contribution >= 0.6 is 11.8 Å². The molecule has 21 heteroatoms. The first-order valence-electron chi connectivity index (χ1n) is 30.7. The van der Waals surface area contributed by atoms with E-state index in [1.54, 1.807) is 28.9 Å². The van der Waals surface area contributed by atoms with E-state index in [2.05, 4.69) is 78.6 Å². The molecule has 6 aliphatic heterocycles. The van der Waals surface area contributed by atoms with Crippen LogP contribution in [0, 0.1) is 11.1 Å². The summed E-state index contributed by atoms with van der Waals surface area (Å²) in [5.41, 5.74) is 13.2. The summed E-state index contributed by atoms with van der Waals surface area (Å²) in [5, 5.41) is 28.5. The molecule has 7 heterocycles. The standard InChI is InChI=1S/C65H82N12O8S/c1-45(2)60(76-40-50-10-4-5-12-54(50)62(76)79)63(80)75-41-53(78)38-58(75)77(81)68-39-49-14-13-48(59-61-65(59,3)67-44-86-61)37-57(49)85-34-30-74-27-23-72(24-28-74)20-19-71-21-25-73(26-22-71)29-33-84-56-16-15-52-36-51(56)43-83-32-7-6-31-82-42-46-9-8-11-47(35-46)55-17-18-66-64(69-52)70-55/h4-18,35-37,44-45,53,58-61,68,77-78H,19-34,38-43H2,1-3H3,(H,66,69,70)/b7-6+/t53-,58-,59?,60+,61?,65?/m1/s1. The van der Waals surface area contributed by atoms with Crippen molar-refractivity contribution in [2.75, 3.05) is 117 Å². The number of quaternary nitrogens is 1. The summed E-state index contributed by atoms with van der Waals surface area (Å²) in [7, 11) is 0. The number of ether oxygens (including phenoxy) is 4. The maximum Gasteiger partial charge on any atom is 0.255 e. The summed E-state index contributed by atoms with van der Waals surface area (Å²) >= 11 is 1.78. The molecule has 0 radical (unpaired) electrons. The average Bonchev–Trinajstić information content (AvgIpc) is 1.62. The third-order valence-electron chi connectivity index (χ3n) is 18.1. The zero-order chi connectivity index (χ0) is 59.2. The van der Waals surface area contributed by atoms with Gasteiger partial charge in [-0.05, 0) is 72.0 Å². The van der Waals surface area contributed by atoms with Crippen molar-refractivity contribution < 1.29 is 38.8 Å². The van der Waals surface area contributed by atoms with Crippen molar-refractivity contribution in [1.29, 1.82) is 0 Å². The number of aliphatic hydroxyl groups is 1. The lowest BCUT2D eigenvalue weighted by Gasteiger charge is -2.38. The third-order valence-corrected chi connectivity index (χ3v) is 19.4. The second-order valence-corrected chi connectivity index (χ2v) is 25.2. The molecule has 1 aliphatic carbocycles. The van der Waals surface area contributed by atoms with Crippen LogP contribution < -0.4 is 25.4 Å². The van der Waals surface area contributed by atoms with E-state index in [9.17, 15) is 19.9 Å². The molecule has 6 bridgehead atoms. The second-order valence-electron chi connectivity index (χ2n) is 24.2. The van der Waals surface area contributed by atoms with Gasteiger partial charge in [0.05, 0.1) is 62.4 Å². The van der Waals surface area contributed by atoms with Crippen molar-refractivity contribution in [3.63, 3.8) is 0 Å². The van der Waals surface area contributed by atoms with Gasteiger partial charge in [-0.15, -0.1) is 11.8 Å². The summed E-state index contributed by atoms with van der Waals surface area (Å²) in [5.74, 6) is 1.62. The van der Waals surface area contributed by atoms with Crippen LogP contribution in [0.4, 0.5) is 11.6 Å². The molecule has 1 saturated carbocycles. The van der Waals surface area contributed by atoms with Crippen molar-refractivity contribution in [2.45, 2.75) is 88.5 Å². The predicted molar refractivity (Wildman–Crippen MR) is 332 cm³/mol. The molecule has 20 nitrogen and oxygen atoms in total. The average molecular weight is 1190 g/mol. The molecule has 2 amide bonds. The van der Waals surface area contributed by atoms with E-state index in [1.165, 1.54) is 10.5 Å². The van der Waals surface area contributed by atoms with E-state index in [-0.39, 0.29) is 53.9 Å². The van der Waals surface area contributed by atoms with E-state index in [4.69, 9.17) is 28.9 Å². The van der Waals surface area contributed by atoms with E-state index in [1.807, 2.05) is 80.1 Å². The van der Waals surface area contributed by atoms with Crippen LogP contribution in [0.25, 0.3) is 11.3 Å². The normalized spacial score (nSPS) is 24.8. The summed E-state index contributed by atoms with van der Waals surface area (Å²) in [6.45, 7) is 21.3. The fraction of sp³-hybridized carbons (Fsp3) is 0.492. The molecule has 1 aromatic heterocycles. The number of thioether (sulfide) groups is 1. The number of benzene rings is 4. The SMILES string of the molecule is CC(C)[C@@H](C(=O)N1C[C@H](O)C[C@H]1[NH+]([O-])NCc1ccc(C2C3SC=NC32C)cc1OCCN1CCN(CCN2CCN(CCOc3ccc4cc3COC/C=C/COCc3cccc(c3)-c3ccnc(n3)N4)CC2)CC1)N1Cc2ccccc2C1=O. The number of β-amino-alcohol motifs (C(OH)–C–C–N with tert-alkyl or cyclic N) is 1. The Labute approximate surface area is 509 Å². The van der Waals surface area contributed by atoms with Crippen LogP contribution in [0.2, 0.25) is 0 Å². The number of aromatic nitrogens is 2. The Morgan fingerprint density at radius 1 is 0.837 bits per heavy atom. The molecule has 4 aromatic carbocycles. The van der Waals surface area contributed by atoms with Gasteiger partial charge in [0.1, 0.15) is 30.8 Å². The van der Waals surface area contributed by atoms with Gasteiger partial charge < -0.3 is 39.5 Å². The number of anilines is 2. The van der Waals surface area contributed by atoms with Gasteiger partial charge in [0.25, 0.3) is 5.91 Å². The minimum absolute atomic E-state index is 0.0279. The van der Waals surface area contributed by atoms with E-state index >= 15 is 0 Å². The van der Waals surface area contributed by atoms with E-state index < -0.39 is 18.3 Å². The van der Waals surface area contributed by atoms with Crippen molar-refractivity contribution in [2.24, 2.45) is 10.9 Å². The molecule has 4 N–H and O–H groups in total. The lowest BCUT2D eigenvalue weighted by Crippen LogP contribution is -3.19. The molecule has 3 saturated heterocycles. The first-order valence-corrected chi connectivity index (χ1v) is 31.6. The molecule has 7 atom stereocenters. The Morgan fingerprint density at radius 3 is 2.26 bits per heavy atom. The first kappa shape index (κ1) is 60.0. The quantitative estimate of drug-likeness (QED) is 0.0623. The maximum absolute atomic E-state index is 14.4. The number of rotatable bonds is 19. The summed E-state index contributed by atoms with van der Waals surface area (Å²) in [6.07, 6.45) is 4.15. The molecule has 4 unspecified atom stereocenters. The van der Waals surface area contributed by atoms with Gasteiger partial charge in [0, 0.05) is 137 Å². The van der Waals surface area contributed by atoms with Crippen LogP contribution in [-0.2, 0) is 40.6 Å². The molecule has 456 valence electrons. The highest BCUT2D eigenvalue weighted by atomic mass is 32.2. The number of piperazine rings is 2. The number of aliphatic imine (C=N–C) groups is 1. The Morgan fingerprint density at radius 2 is 1.55 bits per heavy atom. The smallest absolute Gasteiger partial charge is 0.255 e. The Kier molecular flexibility index (Phi) is 19.1. The zero-order valence-corrected chi connectivity index (χ0v) is 50.5. The van der Waals surface area contributed by atoms with Gasteiger partial charge in [0.15, 0.2) is 6.17 Å². The van der Waals surface area contributed by atoms with Crippen LogP contribution in [-0.4, -0.2) is 202 Å². The summed E-state index contributed by atoms with van der Waals surface area (Å²) in [4.78, 5) is 55.3. The highest BCUT2D eigenvalue weighted by Crippen LogP contribution is 2.63. The van der Waals surface area contributed by atoms with Crippen LogP contribution in [0.1, 0.15) is 71.3 Å². The molecule has 86 heavy (non-hydrogen) atoms. The summed E-state index contributed by atoms with van der Waals surface area (Å²) in [6, 6.07) is 29.2. The van der Waals surface area contributed by atoms with E-state index in [0.29, 0.717) is 62.9 Å². The lowest BCUT2D eigenvalue weighted by atomic mass is 10.0. The number of likely N-dealkylation sites (tertiary alicyclic amines) is 1. The summed E-state index contributed by atoms with van der Waals surface area (Å²) < 4.78 is 25.1. The Hall–Kier alpha value is -6.34. The Balaban J connectivity index is 0.584. The number of fused-ring (bicyclic) bond motifs is 9. The molecular weight excluding hydrogens is 1110 g/mol. The monoisotopic (exact) mass is 1190 g/mol. The van der Waals surface area contributed by atoms with Crippen molar-refractivity contribution >= 4 is 40.8 Å². The Bertz CT molecular complexity index is 3230. The van der Waals surface area contributed by atoms with Crippen molar-refractivity contribution in [1.82, 2.24) is 44.8 Å². The van der Waals surface area contributed by atoms with Gasteiger partial charge in [0.2, 0.25) is 11.9 Å². The minimum atomic E-state index is -0.876. The molecule has 4 fully saturated rings. The highest BCUT2D eigenvalue weighted by molar-refractivity contribution is 8.13. The number of nitrogens with zero attached hydrogens (tertiary/aromatic N) is 9. The minimum Gasteiger partial charge on any atom is -0.612 e. The van der Waals surface area contributed by atoms with Gasteiger partial charge >= 0.3 is 0 Å². The molecule has 7 aliphatic rings. The van der Waals surface area contributed by atoms with Crippen molar-refractivity contribution in [3.8, 4) is 22.8 Å². The van der Waals surface area contributed by atoms with Crippen LogP contribution in [0.15, 0.2) is 114 Å². The fourth-order valence-electron chi connectivity index (χ4n) is 13.0. The highest BCUT2D eigenvalue weighted by Gasteiger charge is 2.65. The van der Waals surface area contributed by atoms with Gasteiger partial charge in [-0.3, -0.25) is 44.3 Å². The third kappa shape index (κ3) is 14.0. The van der Waals surface area contributed by atoms with Gasteiger partial charge in [-0.1, -0.05) is 74.5 Å². The van der Waals surface area contributed by atoms with Crippen LogP contribution in [0.3, 0.4) is 0 Å². The molecule has 0 spiro atoms. The first-order chi connectivity index (χ1) is 41.9. The largest absolute Gasteiger partial charge is 0.612 e. The fourth-order valence-corrected chi connectivity index (χ4v) is 14.5. The number of hydrogen-bond acceptors (Lipinski definition) is 18. The van der Waals surface area contributed by atoms with Crippen LogP contribution in [0.5, 0.6) is 11.5 Å². The number of nitrogens with one attached hydrogen (secondary N) is 3.